The van der Waals surface area contributed by atoms with E-state index in [1.807, 2.05) is 12.3 Å². The fraction of sp³-hybridized carbons (Fsp3) is 0.250. The van der Waals surface area contributed by atoms with Gasteiger partial charge >= 0.3 is 5.51 Å². The van der Waals surface area contributed by atoms with Gasteiger partial charge in [-0.1, -0.05) is 30.7 Å². The summed E-state index contributed by atoms with van der Waals surface area (Å²) >= 11 is 7.57. The van der Waals surface area contributed by atoms with Gasteiger partial charge in [0.15, 0.2) is 0 Å². The minimum Gasteiger partial charge on any atom is -0.241 e. The summed E-state index contributed by atoms with van der Waals surface area (Å²) in [6.07, 6.45) is 2.15. The molecule has 2 nitrogen and oxygen atoms in total. The summed E-state index contributed by atoms with van der Waals surface area (Å²) in [5.74, 6) is 0.101. The molecule has 3 rings (SSSR count). The minimum absolute atomic E-state index is 0.101. The number of fused-ring (bicyclic) bond motifs is 1. The van der Waals surface area contributed by atoms with Gasteiger partial charge in [0.1, 0.15) is 11.2 Å². The summed E-state index contributed by atoms with van der Waals surface area (Å²) in [6, 6.07) is 6.45. The van der Waals surface area contributed by atoms with E-state index in [1.165, 1.54) is 29.8 Å². The third-order valence-corrected chi connectivity index (χ3v) is 5.64. The highest BCUT2D eigenvalue weighted by Gasteiger charge is 2.29. The summed E-state index contributed by atoms with van der Waals surface area (Å²) in [5, 5.41) is 3.33. The molecule has 24 heavy (non-hydrogen) atoms. The first-order valence-corrected chi connectivity index (χ1v) is 9.13. The lowest BCUT2D eigenvalue weighted by Gasteiger charge is -2.13. The molecule has 0 aliphatic rings. The van der Waals surface area contributed by atoms with Crippen LogP contribution >= 0.6 is 34.7 Å². The molecule has 0 spiro atoms. The topological polar surface area (TPSA) is 25.8 Å². The maximum Gasteiger partial charge on any atom is 0.446 e. The van der Waals surface area contributed by atoms with Crippen molar-refractivity contribution in [2.45, 2.75) is 29.7 Å². The number of aromatic nitrogens is 2. The average Bonchev–Trinajstić information content (AvgIpc) is 2.89. The Hall–Kier alpha value is -1.31. The lowest BCUT2D eigenvalue weighted by atomic mass is 9.95. The van der Waals surface area contributed by atoms with Crippen molar-refractivity contribution in [1.29, 1.82) is 0 Å². The van der Waals surface area contributed by atoms with Crippen LogP contribution in [-0.4, -0.2) is 15.5 Å². The second kappa shape index (κ2) is 6.90. The van der Waals surface area contributed by atoms with Gasteiger partial charge in [-0.25, -0.2) is 9.97 Å². The van der Waals surface area contributed by atoms with E-state index in [0.717, 1.165) is 21.5 Å². The molecule has 2 aromatic heterocycles. The summed E-state index contributed by atoms with van der Waals surface area (Å²) in [5.41, 5.74) is -2.46. The molecular weight excluding hydrogens is 377 g/mol. The van der Waals surface area contributed by atoms with E-state index in [9.17, 15) is 13.2 Å². The van der Waals surface area contributed by atoms with Gasteiger partial charge in [0.2, 0.25) is 0 Å². The highest BCUT2D eigenvalue weighted by Crippen LogP contribution is 2.37. The predicted molar refractivity (Wildman–Crippen MR) is 92.9 cm³/mol. The van der Waals surface area contributed by atoms with Gasteiger partial charge < -0.3 is 0 Å². The summed E-state index contributed by atoms with van der Waals surface area (Å²) in [4.78, 5) is 9.56. The van der Waals surface area contributed by atoms with Gasteiger partial charge in [-0.3, -0.25) is 0 Å². The number of thioether (sulfide) groups is 1. The molecule has 1 aromatic carbocycles. The first-order chi connectivity index (χ1) is 11.3. The zero-order valence-corrected chi connectivity index (χ0v) is 14.9. The summed E-state index contributed by atoms with van der Waals surface area (Å²) < 4.78 is 37.1. The molecule has 8 heteroatoms. The van der Waals surface area contributed by atoms with E-state index in [2.05, 4.69) is 9.97 Å². The van der Waals surface area contributed by atoms with E-state index in [0.29, 0.717) is 11.4 Å². The van der Waals surface area contributed by atoms with Gasteiger partial charge in [-0.15, -0.1) is 11.3 Å². The fourth-order valence-corrected chi connectivity index (χ4v) is 4.17. The van der Waals surface area contributed by atoms with Crippen molar-refractivity contribution in [2.24, 2.45) is 0 Å². The molecular formula is C16H12ClF3N2S2. The van der Waals surface area contributed by atoms with E-state index < -0.39 is 5.51 Å². The van der Waals surface area contributed by atoms with E-state index in [4.69, 9.17) is 11.6 Å². The third-order valence-electron chi connectivity index (χ3n) is 3.59. The van der Waals surface area contributed by atoms with Crippen molar-refractivity contribution in [3.05, 3.63) is 52.3 Å². The molecule has 2 heterocycles. The Morgan fingerprint density at radius 3 is 2.58 bits per heavy atom. The van der Waals surface area contributed by atoms with E-state index >= 15 is 0 Å². The van der Waals surface area contributed by atoms with Crippen LogP contribution in [0.25, 0.3) is 10.2 Å². The van der Waals surface area contributed by atoms with Crippen LogP contribution in [0.1, 0.15) is 24.1 Å². The highest BCUT2D eigenvalue weighted by atomic mass is 35.5. The van der Waals surface area contributed by atoms with Crippen LogP contribution in [0.3, 0.4) is 0 Å². The van der Waals surface area contributed by atoms with Crippen molar-refractivity contribution >= 4 is 44.9 Å². The molecule has 0 saturated carbocycles. The Balaban J connectivity index is 1.79. The van der Waals surface area contributed by atoms with Crippen molar-refractivity contribution in [3.8, 4) is 0 Å². The molecule has 0 bridgehead atoms. The van der Waals surface area contributed by atoms with Gasteiger partial charge in [0.25, 0.3) is 0 Å². The molecule has 0 unspecified atom stereocenters. The summed E-state index contributed by atoms with van der Waals surface area (Å²) in [6.45, 7) is 2.01. The zero-order valence-electron chi connectivity index (χ0n) is 12.5. The van der Waals surface area contributed by atoms with Crippen molar-refractivity contribution in [1.82, 2.24) is 9.97 Å². The number of hydrogen-bond donors (Lipinski definition) is 0. The van der Waals surface area contributed by atoms with Crippen LogP contribution in [-0.2, 0) is 6.42 Å². The largest absolute Gasteiger partial charge is 0.446 e. The van der Waals surface area contributed by atoms with Crippen molar-refractivity contribution in [2.75, 3.05) is 0 Å². The van der Waals surface area contributed by atoms with Crippen molar-refractivity contribution < 1.29 is 13.2 Å². The monoisotopic (exact) mass is 388 g/mol. The normalized spacial score (nSPS) is 13.4. The minimum atomic E-state index is -4.27. The molecule has 0 N–H and O–H groups in total. The molecule has 0 aliphatic carbocycles. The quantitative estimate of drug-likeness (QED) is 0.490. The van der Waals surface area contributed by atoms with Crippen LogP contribution < -0.4 is 0 Å². The van der Waals surface area contributed by atoms with Gasteiger partial charge in [0, 0.05) is 10.3 Å². The summed E-state index contributed by atoms with van der Waals surface area (Å²) in [7, 11) is 0. The molecule has 0 amide bonds. The van der Waals surface area contributed by atoms with Crippen LogP contribution in [0, 0.1) is 0 Å². The van der Waals surface area contributed by atoms with Gasteiger partial charge in [0.05, 0.1) is 16.1 Å². The molecule has 3 aromatic rings. The predicted octanol–water partition coefficient (Wildman–Crippen LogP) is 6.30. The molecule has 0 fully saturated rings. The first-order valence-electron chi connectivity index (χ1n) is 7.06. The average molecular weight is 389 g/mol. The molecule has 0 radical (unpaired) electrons. The maximum absolute atomic E-state index is 12.4. The fourth-order valence-electron chi connectivity index (χ4n) is 2.46. The SMILES string of the molecule is C[C@H](Cc1ncnc2scc(Cl)c12)c1ccc(SC(F)(F)F)cc1. The number of hydrogen-bond acceptors (Lipinski definition) is 4. The smallest absolute Gasteiger partial charge is 0.241 e. The van der Waals surface area contributed by atoms with E-state index in [1.54, 1.807) is 12.1 Å². The Morgan fingerprint density at radius 2 is 1.92 bits per heavy atom. The molecule has 126 valence electrons. The van der Waals surface area contributed by atoms with Crippen molar-refractivity contribution in [3.63, 3.8) is 0 Å². The lowest BCUT2D eigenvalue weighted by Crippen LogP contribution is -2.02. The zero-order chi connectivity index (χ0) is 17.3. The Morgan fingerprint density at radius 1 is 1.21 bits per heavy atom. The number of thiophene rings is 1. The van der Waals surface area contributed by atoms with Gasteiger partial charge in [-0.05, 0) is 41.8 Å². The van der Waals surface area contributed by atoms with Crippen LogP contribution in [0.2, 0.25) is 5.02 Å². The van der Waals surface area contributed by atoms with Crippen LogP contribution in [0.5, 0.6) is 0 Å². The number of alkyl halides is 3. The Kier molecular flexibility index (Phi) is 5.03. The highest BCUT2D eigenvalue weighted by molar-refractivity contribution is 8.00. The van der Waals surface area contributed by atoms with Crippen LogP contribution in [0.4, 0.5) is 13.2 Å². The number of nitrogens with zero attached hydrogens (tertiary/aromatic N) is 2. The van der Waals surface area contributed by atoms with Crippen LogP contribution in [0.15, 0.2) is 40.9 Å². The second-order valence-electron chi connectivity index (χ2n) is 5.31. The van der Waals surface area contributed by atoms with Gasteiger partial charge in [-0.2, -0.15) is 13.2 Å². The molecule has 0 saturated heterocycles. The maximum atomic E-state index is 12.4. The first kappa shape index (κ1) is 17.5. The Labute approximate surface area is 150 Å². The second-order valence-corrected chi connectivity index (χ2v) is 7.71. The standard InChI is InChI=1S/C16H12ClF3N2S2/c1-9(10-2-4-11(5-3-10)24-16(18,19)20)6-13-14-12(17)7-23-15(14)22-8-21-13/h2-5,7-9H,6H2,1H3/t9-/m1/s1. The molecule has 1 atom stereocenters. The lowest BCUT2D eigenvalue weighted by molar-refractivity contribution is -0.0328. The number of benzene rings is 1. The molecule has 0 aliphatic heterocycles. The number of halogens is 4. The Bertz CT molecular complexity index is 847. The number of rotatable bonds is 4. The van der Waals surface area contributed by atoms with E-state index in [-0.39, 0.29) is 22.6 Å². The third kappa shape index (κ3) is 4.02.